The molecule has 2 rings (SSSR count). The number of piperidine rings is 1. The lowest BCUT2D eigenvalue weighted by Gasteiger charge is -2.36. The Morgan fingerprint density at radius 1 is 1.37 bits per heavy atom. The van der Waals surface area contributed by atoms with Crippen LogP contribution in [-0.2, 0) is 4.79 Å². The Balaban J connectivity index is 1.81. The Hall–Kier alpha value is -0.220. The fraction of sp³-hybridized carbons (Fsp3) is 0.933. The van der Waals surface area contributed by atoms with E-state index in [9.17, 15) is 4.79 Å². The van der Waals surface area contributed by atoms with Crippen LogP contribution in [0.2, 0.25) is 0 Å². The van der Waals surface area contributed by atoms with Crippen LogP contribution in [0, 0.1) is 5.92 Å². The van der Waals surface area contributed by atoms with Gasteiger partial charge in [0.15, 0.2) is 0 Å². The van der Waals surface area contributed by atoms with Gasteiger partial charge in [0.05, 0.1) is 0 Å². The molecule has 0 aromatic rings. The molecule has 2 atom stereocenters. The van der Waals surface area contributed by atoms with Crippen LogP contribution in [0.5, 0.6) is 0 Å². The second kappa shape index (κ2) is 6.98. The van der Waals surface area contributed by atoms with E-state index in [0.29, 0.717) is 10.8 Å². The molecule has 1 saturated carbocycles. The van der Waals surface area contributed by atoms with Crippen LogP contribution < -0.4 is 10.6 Å². The maximum atomic E-state index is 12.3. The van der Waals surface area contributed by atoms with Crippen molar-refractivity contribution in [2.75, 3.05) is 19.3 Å². The topological polar surface area (TPSA) is 41.1 Å². The summed E-state index contributed by atoms with van der Waals surface area (Å²) >= 11 is 1.96. The van der Waals surface area contributed by atoms with Crippen LogP contribution in [0.15, 0.2) is 0 Å². The highest BCUT2D eigenvalue weighted by molar-refractivity contribution is 8.00. The SMILES string of the molecule is CSC1(CNC(=O)C2CCNC(C)C2)CCCCC1. The minimum atomic E-state index is 0.221. The Morgan fingerprint density at radius 2 is 2.11 bits per heavy atom. The van der Waals surface area contributed by atoms with E-state index in [0.717, 1.165) is 25.9 Å². The van der Waals surface area contributed by atoms with Gasteiger partial charge >= 0.3 is 0 Å². The van der Waals surface area contributed by atoms with Crippen molar-refractivity contribution in [3.05, 3.63) is 0 Å². The van der Waals surface area contributed by atoms with E-state index in [-0.39, 0.29) is 11.8 Å². The molecule has 2 fully saturated rings. The van der Waals surface area contributed by atoms with Crippen molar-refractivity contribution >= 4 is 17.7 Å². The first kappa shape index (κ1) is 15.2. The highest BCUT2D eigenvalue weighted by Crippen LogP contribution is 2.38. The van der Waals surface area contributed by atoms with Crippen LogP contribution in [0.25, 0.3) is 0 Å². The van der Waals surface area contributed by atoms with Crippen molar-refractivity contribution in [3.8, 4) is 0 Å². The molecule has 19 heavy (non-hydrogen) atoms. The van der Waals surface area contributed by atoms with Crippen molar-refractivity contribution in [1.82, 2.24) is 10.6 Å². The summed E-state index contributed by atoms with van der Waals surface area (Å²) < 4.78 is 0.312. The van der Waals surface area contributed by atoms with Crippen LogP contribution in [0.3, 0.4) is 0 Å². The summed E-state index contributed by atoms with van der Waals surface area (Å²) in [6.07, 6.45) is 10.7. The number of rotatable bonds is 4. The second-order valence-corrected chi connectivity index (χ2v) is 7.52. The number of hydrogen-bond donors (Lipinski definition) is 2. The molecule has 2 N–H and O–H groups in total. The standard InChI is InChI=1S/C15H28N2OS/c1-12-10-13(6-9-16-12)14(18)17-11-15(19-2)7-4-3-5-8-15/h12-13,16H,3-11H2,1-2H3,(H,17,18). The van der Waals surface area contributed by atoms with Crippen molar-refractivity contribution in [1.29, 1.82) is 0 Å². The molecule has 4 heteroatoms. The van der Waals surface area contributed by atoms with Gasteiger partial charge in [-0.15, -0.1) is 0 Å². The molecular formula is C15H28N2OS. The Labute approximate surface area is 121 Å². The molecule has 0 aromatic carbocycles. The monoisotopic (exact) mass is 284 g/mol. The summed E-state index contributed by atoms with van der Waals surface area (Å²) in [7, 11) is 0. The maximum absolute atomic E-state index is 12.3. The van der Waals surface area contributed by atoms with E-state index in [1.54, 1.807) is 0 Å². The third-order valence-corrected chi connectivity index (χ3v) is 6.20. The molecule has 0 spiro atoms. The lowest BCUT2D eigenvalue weighted by Crippen LogP contribution is -2.47. The lowest BCUT2D eigenvalue weighted by atomic mass is 9.87. The van der Waals surface area contributed by atoms with Gasteiger partial charge in [-0.3, -0.25) is 4.79 Å². The Morgan fingerprint density at radius 3 is 2.74 bits per heavy atom. The number of hydrogen-bond acceptors (Lipinski definition) is 3. The van der Waals surface area contributed by atoms with Crippen LogP contribution in [0.1, 0.15) is 51.9 Å². The van der Waals surface area contributed by atoms with Gasteiger partial charge in [0.25, 0.3) is 0 Å². The van der Waals surface area contributed by atoms with Gasteiger partial charge in [-0.25, -0.2) is 0 Å². The largest absolute Gasteiger partial charge is 0.354 e. The molecule has 2 aliphatic rings. The average molecular weight is 284 g/mol. The number of thioether (sulfide) groups is 1. The van der Waals surface area contributed by atoms with E-state index in [2.05, 4.69) is 23.8 Å². The minimum Gasteiger partial charge on any atom is -0.354 e. The van der Waals surface area contributed by atoms with Gasteiger partial charge in [-0.1, -0.05) is 19.3 Å². The van der Waals surface area contributed by atoms with E-state index in [1.807, 2.05) is 11.8 Å². The smallest absolute Gasteiger partial charge is 0.223 e. The molecule has 3 nitrogen and oxygen atoms in total. The first-order valence-corrected chi connectivity index (χ1v) is 8.94. The quantitative estimate of drug-likeness (QED) is 0.833. The Bertz CT molecular complexity index is 303. The van der Waals surface area contributed by atoms with Crippen molar-refractivity contribution in [2.45, 2.75) is 62.7 Å². The summed E-state index contributed by atoms with van der Waals surface area (Å²) in [6, 6.07) is 0.480. The van der Waals surface area contributed by atoms with Gasteiger partial charge in [-0.2, -0.15) is 11.8 Å². The summed E-state index contributed by atoms with van der Waals surface area (Å²) in [6.45, 7) is 4.02. The van der Waals surface area contributed by atoms with Gasteiger partial charge in [0, 0.05) is 23.3 Å². The zero-order valence-corrected chi connectivity index (χ0v) is 13.2. The molecular weight excluding hydrogens is 256 g/mol. The zero-order valence-electron chi connectivity index (χ0n) is 12.3. The van der Waals surface area contributed by atoms with E-state index >= 15 is 0 Å². The average Bonchev–Trinajstić information content (AvgIpc) is 2.46. The second-order valence-electron chi connectivity index (χ2n) is 6.24. The molecule has 1 saturated heterocycles. The highest BCUT2D eigenvalue weighted by atomic mass is 32.2. The Kier molecular flexibility index (Phi) is 5.58. The molecule has 0 radical (unpaired) electrons. The third-order valence-electron chi connectivity index (χ3n) is 4.78. The first-order valence-electron chi connectivity index (χ1n) is 7.71. The van der Waals surface area contributed by atoms with Gasteiger partial charge in [0.1, 0.15) is 0 Å². The van der Waals surface area contributed by atoms with Crippen LogP contribution in [0.4, 0.5) is 0 Å². The number of carbonyl (C=O) groups is 1. The molecule has 110 valence electrons. The van der Waals surface area contributed by atoms with Crippen LogP contribution >= 0.6 is 11.8 Å². The van der Waals surface area contributed by atoms with Gasteiger partial charge in [0.2, 0.25) is 5.91 Å². The first-order chi connectivity index (χ1) is 9.15. The van der Waals surface area contributed by atoms with Gasteiger partial charge in [-0.05, 0) is 45.4 Å². The number of carbonyl (C=O) groups excluding carboxylic acids is 1. The van der Waals surface area contributed by atoms with Crippen molar-refractivity contribution < 1.29 is 4.79 Å². The molecule has 1 aliphatic heterocycles. The van der Waals surface area contributed by atoms with E-state index in [1.165, 1.54) is 32.1 Å². The fourth-order valence-electron chi connectivity index (χ4n) is 3.41. The van der Waals surface area contributed by atoms with E-state index < -0.39 is 0 Å². The maximum Gasteiger partial charge on any atom is 0.223 e. The molecule has 1 heterocycles. The summed E-state index contributed by atoms with van der Waals surface area (Å²) in [5, 5.41) is 6.65. The summed E-state index contributed by atoms with van der Waals surface area (Å²) in [5.74, 6) is 0.506. The lowest BCUT2D eigenvalue weighted by molar-refractivity contribution is -0.126. The molecule has 0 bridgehead atoms. The van der Waals surface area contributed by atoms with Crippen LogP contribution in [-0.4, -0.2) is 36.0 Å². The van der Waals surface area contributed by atoms with Gasteiger partial charge < -0.3 is 10.6 Å². The predicted octanol–water partition coefficient (Wildman–Crippen LogP) is 2.56. The highest BCUT2D eigenvalue weighted by Gasteiger charge is 2.32. The molecule has 0 aromatic heterocycles. The summed E-state index contributed by atoms with van der Waals surface area (Å²) in [5.41, 5.74) is 0. The fourth-order valence-corrected chi connectivity index (χ4v) is 4.33. The van der Waals surface area contributed by atoms with Crippen molar-refractivity contribution in [3.63, 3.8) is 0 Å². The number of nitrogens with one attached hydrogen (secondary N) is 2. The van der Waals surface area contributed by atoms with E-state index in [4.69, 9.17) is 0 Å². The molecule has 2 unspecified atom stereocenters. The third kappa shape index (κ3) is 4.12. The molecule has 1 aliphatic carbocycles. The predicted molar refractivity (Wildman–Crippen MR) is 82.5 cm³/mol. The number of amides is 1. The van der Waals surface area contributed by atoms with Crippen molar-refractivity contribution in [2.24, 2.45) is 5.92 Å². The minimum absolute atomic E-state index is 0.221. The zero-order chi connectivity index (χ0) is 13.7. The normalized spacial score (nSPS) is 30.8. The summed E-state index contributed by atoms with van der Waals surface area (Å²) in [4.78, 5) is 12.3. The molecule has 1 amide bonds.